The SMILES string of the molecule is Cl.O=S(=O)(NC1CCNCC1)c1cccc(Cl)c1. The minimum atomic E-state index is -3.44. The van der Waals surface area contributed by atoms with Crippen LogP contribution in [0.2, 0.25) is 5.02 Å². The largest absolute Gasteiger partial charge is 0.317 e. The van der Waals surface area contributed by atoms with E-state index in [2.05, 4.69) is 10.0 Å². The number of hydrogen-bond acceptors (Lipinski definition) is 3. The second-order valence-corrected chi connectivity index (χ2v) is 6.25. The average molecular weight is 311 g/mol. The standard InChI is InChI=1S/C11H15ClN2O2S.ClH/c12-9-2-1-3-11(8-9)17(15,16)14-10-4-6-13-7-5-10;/h1-3,8,10,13-14H,4-7H2;1H. The van der Waals surface area contributed by atoms with Crippen molar-refractivity contribution in [1.29, 1.82) is 0 Å². The van der Waals surface area contributed by atoms with Crippen LogP contribution in [0.15, 0.2) is 29.2 Å². The average Bonchev–Trinajstić information content (AvgIpc) is 2.30. The Bertz CT molecular complexity index is 488. The second-order valence-electron chi connectivity index (χ2n) is 4.10. The molecule has 1 aliphatic heterocycles. The Kier molecular flexibility index (Phi) is 5.88. The summed E-state index contributed by atoms with van der Waals surface area (Å²) in [6.07, 6.45) is 1.64. The van der Waals surface area contributed by atoms with E-state index in [1.165, 1.54) is 6.07 Å². The van der Waals surface area contributed by atoms with Gasteiger partial charge in [-0.3, -0.25) is 0 Å². The van der Waals surface area contributed by atoms with E-state index < -0.39 is 10.0 Å². The van der Waals surface area contributed by atoms with Crippen LogP contribution in [0.4, 0.5) is 0 Å². The zero-order chi connectivity index (χ0) is 12.3. The van der Waals surface area contributed by atoms with Gasteiger partial charge in [0.1, 0.15) is 0 Å². The van der Waals surface area contributed by atoms with Crippen molar-refractivity contribution in [3.05, 3.63) is 29.3 Å². The fourth-order valence-electron chi connectivity index (χ4n) is 1.86. The third-order valence-corrected chi connectivity index (χ3v) is 4.52. The molecule has 1 aromatic rings. The predicted molar refractivity (Wildman–Crippen MR) is 74.9 cm³/mol. The molecule has 1 aromatic carbocycles. The van der Waals surface area contributed by atoms with Gasteiger partial charge in [0, 0.05) is 11.1 Å². The lowest BCUT2D eigenvalue weighted by Gasteiger charge is -2.23. The van der Waals surface area contributed by atoms with Gasteiger partial charge in [-0.2, -0.15) is 0 Å². The molecule has 0 aliphatic carbocycles. The monoisotopic (exact) mass is 310 g/mol. The molecule has 7 heteroatoms. The summed E-state index contributed by atoms with van der Waals surface area (Å²) in [5, 5.41) is 3.62. The Balaban J connectivity index is 0.00000162. The molecule has 0 spiro atoms. The lowest BCUT2D eigenvalue weighted by molar-refractivity contribution is 0.427. The molecule has 2 rings (SSSR count). The van der Waals surface area contributed by atoms with E-state index >= 15 is 0 Å². The molecule has 0 aromatic heterocycles. The first-order valence-electron chi connectivity index (χ1n) is 5.56. The maximum absolute atomic E-state index is 12.1. The van der Waals surface area contributed by atoms with Crippen LogP contribution in [0.25, 0.3) is 0 Å². The molecule has 0 bridgehead atoms. The molecule has 1 heterocycles. The lowest BCUT2D eigenvalue weighted by atomic mass is 10.1. The highest BCUT2D eigenvalue weighted by Crippen LogP contribution is 2.16. The van der Waals surface area contributed by atoms with Crippen LogP contribution in [0.1, 0.15) is 12.8 Å². The molecule has 0 unspecified atom stereocenters. The van der Waals surface area contributed by atoms with Crippen LogP contribution in [0.5, 0.6) is 0 Å². The van der Waals surface area contributed by atoms with Gasteiger partial charge in [-0.05, 0) is 44.1 Å². The fraction of sp³-hybridized carbons (Fsp3) is 0.455. The lowest BCUT2D eigenvalue weighted by Crippen LogP contribution is -2.42. The van der Waals surface area contributed by atoms with Gasteiger partial charge in [0.15, 0.2) is 0 Å². The maximum Gasteiger partial charge on any atom is 0.240 e. The molecule has 0 amide bonds. The molecule has 0 atom stereocenters. The van der Waals surface area contributed by atoms with Crippen molar-refractivity contribution in [2.45, 2.75) is 23.8 Å². The summed E-state index contributed by atoms with van der Waals surface area (Å²) in [6, 6.07) is 6.32. The van der Waals surface area contributed by atoms with Crippen molar-refractivity contribution in [3.8, 4) is 0 Å². The summed E-state index contributed by atoms with van der Waals surface area (Å²) in [4.78, 5) is 0.225. The molecule has 4 nitrogen and oxygen atoms in total. The maximum atomic E-state index is 12.1. The second kappa shape index (κ2) is 6.73. The highest BCUT2D eigenvalue weighted by molar-refractivity contribution is 7.89. The zero-order valence-corrected chi connectivity index (χ0v) is 12.1. The molecule has 18 heavy (non-hydrogen) atoms. The van der Waals surface area contributed by atoms with Crippen molar-refractivity contribution in [1.82, 2.24) is 10.0 Å². The van der Waals surface area contributed by atoms with E-state index in [1.807, 2.05) is 0 Å². The van der Waals surface area contributed by atoms with E-state index in [4.69, 9.17) is 11.6 Å². The molecule has 0 radical (unpaired) electrons. The van der Waals surface area contributed by atoms with Crippen LogP contribution in [0, 0.1) is 0 Å². The van der Waals surface area contributed by atoms with E-state index in [9.17, 15) is 8.42 Å². The summed E-state index contributed by atoms with van der Waals surface area (Å²) < 4.78 is 26.8. The predicted octanol–water partition coefficient (Wildman–Crippen LogP) is 1.79. The van der Waals surface area contributed by atoms with Crippen LogP contribution < -0.4 is 10.0 Å². The first-order chi connectivity index (χ1) is 8.08. The van der Waals surface area contributed by atoms with Gasteiger partial charge in [-0.1, -0.05) is 17.7 Å². The van der Waals surface area contributed by atoms with Gasteiger partial charge >= 0.3 is 0 Å². The third kappa shape index (κ3) is 4.10. The summed E-state index contributed by atoms with van der Waals surface area (Å²) in [7, 11) is -3.44. The van der Waals surface area contributed by atoms with Crippen molar-refractivity contribution >= 4 is 34.0 Å². The van der Waals surface area contributed by atoms with Crippen LogP contribution in [0.3, 0.4) is 0 Å². The summed E-state index contributed by atoms with van der Waals surface area (Å²) in [6.45, 7) is 1.70. The minimum Gasteiger partial charge on any atom is -0.317 e. The van der Waals surface area contributed by atoms with Gasteiger partial charge in [-0.15, -0.1) is 12.4 Å². The normalized spacial score (nSPS) is 17.2. The van der Waals surface area contributed by atoms with E-state index in [1.54, 1.807) is 18.2 Å². The molecule has 1 saturated heterocycles. The molecule has 1 aliphatic rings. The highest BCUT2D eigenvalue weighted by Gasteiger charge is 2.21. The summed E-state index contributed by atoms with van der Waals surface area (Å²) in [5.41, 5.74) is 0. The van der Waals surface area contributed by atoms with Crippen molar-refractivity contribution in [2.75, 3.05) is 13.1 Å². The number of nitrogens with one attached hydrogen (secondary N) is 2. The number of hydrogen-bond donors (Lipinski definition) is 2. The van der Waals surface area contributed by atoms with E-state index in [0.717, 1.165) is 25.9 Å². The topological polar surface area (TPSA) is 58.2 Å². The zero-order valence-electron chi connectivity index (χ0n) is 9.73. The molecular weight excluding hydrogens is 295 g/mol. The molecule has 1 fully saturated rings. The minimum absolute atomic E-state index is 0. The number of sulfonamides is 1. The first-order valence-corrected chi connectivity index (χ1v) is 7.43. The summed E-state index contributed by atoms with van der Waals surface area (Å²) in [5.74, 6) is 0. The smallest absolute Gasteiger partial charge is 0.240 e. The van der Waals surface area contributed by atoms with Gasteiger partial charge in [-0.25, -0.2) is 13.1 Å². The Morgan fingerprint density at radius 1 is 1.28 bits per heavy atom. The van der Waals surface area contributed by atoms with Gasteiger partial charge in [0.25, 0.3) is 0 Å². The van der Waals surface area contributed by atoms with Crippen LogP contribution in [-0.4, -0.2) is 27.5 Å². The van der Waals surface area contributed by atoms with Crippen LogP contribution >= 0.6 is 24.0 Å². The quantitative estimate of drug-likeness (QED) is 0.895. The highest BCUT2D eigenvalue weighted by atomic mass is 35.5. The van der Waals surface area contributed by atoms with Gasteiger partial charge in [0.2, 0.25) is 10.0 Å². The van der Waals surface area contributed by atoms with E-state index in [-0.39, 0.29) is 23.3 Å². The number of benzene rings is 1. The van der Waals surface area contributed by atoms with E-state index in [0.29, 0.717) is 5.02 Å². The molecule has 102 valence electrons. The number of piperidine rings is 1. The number of halogens is 2. The Morgan fingerprint density at radius 3 is 2.56 bits per heavy atom. The van der Waals surface area contributed by atoms with Gasteiger partial charge in [0.05, 0.1) is 4.90 Å². The number of rotatable bonds is 3. The van der Waals surface area contributed by atoms with Crippen molar-refractivity contribution < 1.29 is 8.42 Å². The third-order valence-electron chi connectivity index (χ3n) is 2.77. The molecular formula is C11H16Cl2N2O2S. The van der Waals surface area contributed by atoms with Crippen molar-refractivity contribution in [3.63, 3.8) is 0 Å². The Labute approximate surface area is 119 Å². The first kappa shape index (κ1) is 15.7. The van der Waals surface area contributed by atoms with Gasteiger partial charge < -0.3 is 5.32 Å². The Hall–Kier alpha value is -0.330. The molecule has 0 saturated carbocycles. The summed E-state index contributed by atoms with van der Waals surface area (Å²) >= 11 is 5.79. The van der Waals surface area contributed by atoms with Crippen molar-refractivity contribution in [2.24, 2.45) is 0 Å². The Morgan fingerprint density at radius 2 is 1.94 bits per heavy atom. The fourth-order valence-corrected chi connectivity index (χ4v) is 3.47. The molecule has 2 N–H and O–H groups in total. The van der Waals surface area contributed by atoms with Crippen LogP contribution in [-0.2, 0) is 10.0 Å².